The molecule has 0 aliphatic carbocycles. The number of carbonyl (C=O) groups excluding carboxylic acids is 1. The Hall–Kier alpha value is -2.73. The molecule has 0 saturated heterocycles. The number of amides is 1. The van der Waals surface area contributed by atoms with Crippen LogP contribution in [0.3, 0.4) is 0 Å². The monoisotopic (exact) mass is 341 g/mol. The predicted molar refractivity (Wildman–Crippen MR) is 93.4 cm³/mol. The third-order valence-electron chi connectivity index (χ3n) is 3.66. The number of aromatic amines is 1. The molecule has 2 aromatic carbocycles. The van der Waals surface area contributed by atoms with E-state index in [4.69, 9.17) is 12.2 Å². The molecule has 0 bridgehead atoms. The number of rotatable bonds is 5. The summed E-state index contributed by atoms with van der Waals surface area (Å²) in [6.45, 7) is 0.340. The van der Waals surface area contributed by atoms with Gasteiger partial charge >= 0.3 is 0 Å². The molecule has 0 saturated carbocycles. The van der Waals surface area contributed by atoms with Crippen LogP contribution in [0.5, 0.6) is 0 Å². The minimum Gasteiger partial charge on any atom is -0.350 e. The Labute approximate surface area is 144 Å². The molecule has 0 spiro atoms. The molecule has 0 fully saturated rings. The van der Waals surface area contributed by atoms with Gasteiger partial charge in [-0.1, -0.05) is 36.4 Å². The molecule has 6 heteroatoms. The van der Waals surface area contributed by atoms with E-state index in [-0.39, 0.29) is 11.7 Å². The van der Waals surface area contributed by atoms with Crippen molar-refractivity contribution in [2.75, 3.05) is 6.54 Å². The number of aromatic nitrogens is 2. The van der Waals surface area contributed by atoms with Gasteiger partial charge in [-0.25, -0.2) is 4.39 Å². The first kappa shape index (κ1) is 16.1. The first-order chi connectivity index (χ1) is 11.7. The van der Waals surface area contributed by atoms with Crippen molar-refractivity contribution >= 4 is 18.1 Å². The molecule has 24 heavy (non-hydrogen) atoms. The maximum atomic E-state index is 13.6. The normalized spacial score (nSPS) is 10.5. The SMILES string of the molecule is O=C(NCCc1ccccc1F)c1c[nH]c(=S)n1-c1ccccc1. The molecule has 3 rings (SSSR count). The highest BCUT2D eigenvalue weighted by atomic mass is 32.1. The van der Waals surface area contributed by atoms with Crippen LogP contribution in [0, 0.1) is 10.6 Å². The zero-order chi connectivity index (χ0) is 16.9. The van der Waals surface area contributed by atoms with Gasteiger partial charge in [-0.15, -0.1) is 0 Å². The predicted octanol–water partition coefficient (Wildman–Crippen LogP) is 3.65. The summed E-state index contributed by atoms with van der Waals surface area (Å²) in [5.41, 5.74) is 1.80. The van der Waals surface area contributed by atoms with Gasteiger partial charge in [0.2, 0.25) is 0 Å². The molecule has 1 amide bonds. The lowest BCUT2D eigenvalue weighted by atomic mass is 10.1. The summed E-state index contributed by atoms with van der Waals surface area (Å²) in [6.07, 6.45) is 2.00. The summed E-state index contributed by atoms with van der Waals surface area (Å²) in [7, 11) is 0. The molecule has 0 unspecified atom stereocenters. The first-order valence-corrected chi connectivity index (χ1v) is 7.95. The van der Waals surface area contributed by atoms with Crippen LogP contribution in [-0.4, -0.2) is 22.0 Å². The number of para-hydroxylation sites is 1. The average Bonchev–Trinajstić information content (AvgIpc) is 2.99. The van der Waals surface area contributed by atoms with Gasteiger partial charge < -0.3 is 10.3 Å². The van der Waals surface area contributed by atoms with Crippen molar-refractivity contribution in [2.45, 2.75) is 6.42 Å². The van der Waals surface area contributed by atoms with Gasteiger partial charge in [0.1, 0.15) is 11.5 Å². The molecule has 2 N–H and O–H groups in total. The second-order valence-corrected chi connectivity index (χ2v) is 5.63. The number of carbonyl (C=O) groups is 1. The van der Waals surface area contributed by atoms with E-state index in [2.05, 4.69) is 10.3 Å². The number of H-pyrrole nitrogens is 1. The molecule has 0 atom stereocenters. The van der Waals surface area contributed by atoms with Crippen molar-refractivity contribution in [2.24, 2.45) is 0 Å². The summed E-state index contributed by atoms with van der Waals surface area (Å²) in [4.78, 5) is 15.3. The van der Waals surface area contributed by atoms with Crippen LogP contribution in [0.1, 0.15) is 16.1 Å². The van der Waals surface area contributed by atoms with Crippen molar-refractivity contribution in [1.29, 1.82) is 0 Å². The highest BCUT2D eigenvalue weighted by molar-refractivity contribution is 7.71. The lowest BCUT2D eigenvalue weighted by molar-refractivity contribution is 0.0947. The number of benzene rings is 2. The summed E-state index contributed by atoms with van der Waals surface area (Å²) >= 11 is 5.26. The van der Waals surface area contributed by atoms with Crippen LogP contribution in [0.4, 0.5) is 4.39 Å². The lowest BCUT2D eigenvalue weighted by Crippen LogP contribution is -2.27. The second-order valence-electron chi connectivity index (χ2n) is 5.25. The maximum absolute atomic E-state index is 13.6. The van der Waals surface area contributed by atoms with Gasteiger partial charge in [0, 0.05) is 18.4 Å². The van der Waals surface area contributed by atoms with Crippen molar-refractivity contribution in [3.63, 3.8) is 0 Å². The van der Waals surface area contributed by atoms with Crippen molar-refractivity contribution in [3.05, 3.63) is 82.6 Å². The molecular formula is C18H16FN3OS. The molecule has 122 valence electrons. The van der Waals surface area contributed by atoms with Crippen LogP contribution < -0.4 is 5.32 Å². The zero-order valence-electron chi connectivity index (χ0n) is 12.8. The van der Waals surface area contributed by atoms with Crippen LogP contribution in [0.2, 0.25) is 0 Å². The van der Waals surface area contributed by atoms with Gasteiger partial charge in [0.25, 0.3) is 5.91 Å². The molecular weight excluding hydrogens is 325 g/mol. The molecule has 0 aliphatic heterocycles. The van der Waals surface area contributed by atoms with Crippen LogP contribution in [0.15, 0.2) is 60.8 Å². The first-order valence-electron chi connectivity index (χ1n) is 7.54. The number of hydrogen-bond acceptors (Lipinski definition) is 2. The summed E-state index contributed by atoms with van der Waals surface area (Å²) < 4.78 is 15.7. The van der Waals surface area contributed by atoms with E-state index in [0.717, 1.165) is 5.69 Å². The number of nitrogens with one attached hydrogen (secondary N) is 2. The fourth-order valence-electron chi connectivity index (χ4n) is 2.47. The van der Waals surface area contributed by atoms with Crippen LogP contribution >= 0.6 is 12.2 Å². The topological polar surface area (TPSA) is 49.8 Å². The Morgan fingerprint density at radius 2 is 1.83 bits per heavy atom. The smallest absolute Gasteiger partial charge is 0.269 e. The Morgan fingerprint density at radius 3 is 2.58 bits per heavy atom. The third-order valence-corrected chi connectivity index (χ3v) is 3.96. The fraction of sp³-hybridized carbons (Fsp3) is 0.111. The summed E-state index contributed by atoms with van der Waals surface area (Å²) in [5.74, 6) is -0.525. The highest BCUT2D eigenvalue weighted by Crippen LogP contribution is 2.12. The van der Waals surface area contributed by atoms with E-state index in [9.17, 15) is 9.18 Å². The van der Waals surface area contributed by atoms with E-state index in [1.807, 2.05) is 30.3 Å². The number of hydrogen-bond donors (Lipinski definition) is 2. The molecule has 0 radical (unpaired) electrons. The number of imidazole rings is 1. The third kappa shape index (κ3) is 3.44. The van der Waals surface area contributed by atoms with Crippen molar-refractivity contribution in [1.82, 2.24) is 14.9 Å². The largest absolute Gasteiger partial charge is 0.350 e. The van der Waals surface area contributed by atoms with E-state index >= 15 is 0 Å². The Kier molecular flexibility index (Phi) is 4.86. The summed E-state index contributed by atoms with van der Waals surface area (Å²) in [6, 6.07) is 15.9. The van der Waals surface area contributed by atoms with Gasteiger partial charge in [-0.2, -0.15) is 0 Å². The van der Waals surface area contributed by atoms with E-state index in [0.29, 0.717) is 29.0 Å². The van der Waals surface area contributed by atoms with E-state index < -0.39 is 0 Å². The molecule has 1 aromatic heterocycles. The fourth-order valence-corrected chi connectivity index (χ4v) is 2.73. The standard InChI is InChI=1S/C18H16FN3OS/c19-15-9-5-4-6-13(15)10-11-20-17(23)16-12-21-18(24)22(16)14-7-2-1-3-8-14/h1-9,12H,10-11H2,(H,20,23)(H,21,24). The van der Waals surface area contributed by atoms with Gasteiger partial charge in [0.05, 0.1) is 0 Å². The van der Waals surface area contributed by atoms with Gasteiger partial charge in [-0.05, 0) is 42.4 Å². The van der Waals surface area contributed by atoms with Gasteiger partial charge in [0.15, 0.2) is 4.77 Å². The lowest BCUT2D eigenvalue weighted by Gasteiger charge is -2.09. The van der Waals surface area contributed by atoms with Crippen LogP contribution in [-0.2, 0) is 6.42 Å². The Morgan fingerprint density at radius 1 is 1.12 bits per heavy atom. The minimum atomic E-state index is -0.263. The van der Waals surface area contributed by atoms with Crippen molar-refractivity contribution in [3.8, 4) is 5.69 Å². The van der Waals surface area contributed by atoms with Crippen LogP contribution in [0.25, 0.3) is 5.69 Å². The molecule has 4 nitrogen and oxygen atoms in total. The average molecular weight is 341 g/mol. The van der Waals surface area contributed by atoms with Gasteiger partial charge in [-0.3, -0.25) is 9.36 Å². The van der Waals surface area contributed by atoms with Crippen molar-refractivity contribution < 1.29 is 9.18 Å². The van der Waals surface area contributed by atoms with E-state index in [1.165, 1.54) is 6.07 Å². The molecule has 3 aromatic rings. The second kappa shape index (κ2) is 7.23. The zero-order valence-corrected chi connectivity index (χ0v) is 13.6. The number of halogens is 1. The molecule has 0 aliphatic rings. The van der Waals surface area contributed by atoms with E-state index in [1.54, 1.807) is 29.0 Å². The minimum absolute atomic E-state index is 0.262. The quantitative estimate of drug-likeness (QED) is 0.696. The maximum Gasteiger partial charge on any atom is 0.269 e. The highest BCUT2D eigenvalue weighted by Gasteiger charge is 2.14. The Bertz CT molecular complexity index is 902. The summed E-state index contributed by atoms with van der Waals surface area (Å²) in [5, 5.41) is 2.81. The Balaban J connectivity index is 1.73. The molecule has 1 heterocycles. The number of nitrogens with zero attached hydrogens (tertiary/aromatic N) is 1.